The summed E-state index contributed by atoms with van der Waals surface area (Å²) in [5.74, 6) is 0.344. The second-order valence-electron chi connectivity index (χ2n) is 5.34. The van der Waals surface area contributed by atoms with Gasteiger partial charge in [-0.2, -0.15) is 5.10 Å². The number of hydrogen-bond acceptors (Lipinski definition) is 4. The van der Waals surface area contributed by atoms with Crippen molar-refractivity contribution in [3.8, 4) is 0 Å². The van der Waals surface area contributed by atoms with Gasteiger partial charge in [0, 0.05) is 19.7 Å². The molecule has 0 radical (unpaired) electrons. The fourth-order valence-electron chi connectivity index (χ4n) is 2.01. The van der Waals surface area contributed by atoms with Crippen LogP contribution in [-0.2, 0) is 11.3 Å². The molecule has 1 atom stereocenters. The van der Waals surface area contributed by atoms with E-state index in [-0.39, 0.29) is 16.6 Å². The van der Waals surface area contributed by atoms with Crippen LogP contribution in [0.25, 0.3) is 0 Å². The van der Waals surface area contributed by atoms with Crippen LogP contribution < -0.4 is 10.9 Å². The zero-order valence-corrected chi connectivity index (χ0v) is 13.4. The molecule has 0 amide bonds. The van der Waals surface area contributed by atoms with Gasteiger partial charge in [0.25, 0.3) is 5.56 Å². The molecule has 0 spiro atoms. The number of nitrogens with one attached hydrogen (secondary N) is 1. The Labute approximate surface area is 125 Å². The second-order valence-corrected chi connectivity index (χ2v) is 5.72. The second kappa shape index (κ2) is 8.27. The lowest BCUT2D eigenvalue weighted by molar-refractivity contribution is 0.182. The SMILES string of the molecule is CCCC(COC)Nc1cnn(CC(C)C)c(=O)c1Cl. The lowest BCUT2D eigenvalue weighted by Gasteiger charge is -2.19. The van der Waals surface area contributed by atoms with Crippen LogP contribution in [-0.4, -0.2) is 29.5 Å². The predicted molar refractivity (Wildman–Crippen MR) is 82.5 cm³/mol. The van der Waals surface area contributed by atoms with E-state index in [1.54, 1.807) is 13.3 Å². The van der Waals surface area contributed by atoms with E-state index in [1.807, 2.05) is 13.8 Å². The van der Waals surface area contributed by atoms with Crippen LogP contribution in [0.5, 0.6) is 0 Å². The van der Waals surface area contributed by atoms with Gasteiger partial charge in [0.15, 0.2) is 0 Å². The van der Waals surface area contributed by atoms with Crippen molar-refractivity contribution in [3.63, 3.8) is 0 Å². The van der Waals surface area contributed by atoms with Crippen LogP contribution in [0, 0.1) is 5.92 Å². The molecule has 5 nitrogen and oxygen atoms in total. The maximum Gasteiger partial charge on any atom is 0.287 e. The highest BCUT2D eigenvalue weighted by Gasteiger charge is 2.14. The highest BCUT2D eigenvalue weighted by Crippen LogP contribution is 2.18. The van der Waals surface area contributed by atoms with Crippen molar-refractivity contribution >= 4 is 17.3 Å². The number of halogens is 1. The van der Waals surface area contributed by atoms with Crippen LogP contribution >= 0.6 is 11.6 Å². The summed E-state index contributed by atoms with van der Waals surface area (Å²) in [6.07, 6.45) is 3.58. The van der Waals surface area contributed by atoms with Crippen LogP contribution in [0.2, 0.25) is 5.02 Å². The molecule has 1 aromatic heterocycles. The molecule has 0 aliphatic carbocycles. The Bertz CT molecular complexity index is 468. The van der Waals surface area contributed by atoms with E-state index in [1.165, 1.54) is 4.68 Å². The minimum absolute atomic E-state index is 0.129. The molecule has 1 unspecified atom stereocenters. The van der Waals surface area contributed by atoms with E-state index >= 15 is 0 Å². The Morgan fingerprint density at radius 2 is 2.20 bits per heavy atom. The van der Waals surface area contributed by atoms with Gasteiger partial charge in [-0.25, -0.2) is 4.68 Å². The van der Waals surface area contributed by atoms with E-state index in [0.717, 1.165) is 12.8 Å². The largest absolute Gasteiger partial charge is 0.383 e. The van der Waals surface area contributed by atoms with E-state index in [0.29, 0.717) is 24.8 Å². The van der Waals surface area contributed by atoms with E-state index < -0.39 is 0 Å². The Hall–Kier alpha value is -1.07. The molecule has 1 N–H and O–H groups in total. The summed E-state index contributed by atoms with van der Waals surface area (Å²) in [5.41, 5.74) is 0.324. The van der Waals surface area contributed by atoms with Gasteiger partial charge in [-0.15, -0.1) is 0 Å². The first-order valence-electron chi connectivity index (χ1n) is 7.00. The molecule has 20 heavy (non-hydrogen) atoms. The molecule has 114 valence electrons. The van der Waals surface area contributed by atoms with Gasteiger partial charge in [0.2, 0.25) is 0 Å². The van der Waals surface area contributed by atoms with Gasteiger partial charge in [0.1, 0.15) is 5.02 Å². The lowest BCUT2D eigenvalue weighted by Crippen LogP contribution is -2.29. The Balaban J connectivity index is 2.91. The molecular formula is C14H24ClN3O2. The fourth-order valence-corrected chi connectivity index (χ4v) is 2.21. The monoisotopic (exact) mass is 301 g/mol. The van der Waals surface area contributed by atoms with E-state index in [9.17, 15) is 4.79 Å². The van der Waals surface area contributed by atoms with Crippen molar-refractivity contribution in [2.45, 2.75) is 46.2 Å². The Kier molecular flexibility index (Phi) is 7.02. The highest BCUT2D eigenvalue weighted by atomic mass is 35.5. The summed E-state index contributed by atoms with van der Waals surface area (Å²) in [5, 5.41) is 7.60. The standard InChI is InChI=1S/C14H24ClN3O2/c1-5-6-11(9-20-4)17-12-7-16-18(8-10(2)3)14(19)13(12)15/h7,10-11,17H,5-6,8-9H2,1-4H3. The van der Waals surface area contributed by atoms with Gasteiger partial charge in [-0.05, 0) is 12.3 Å². The van der Waals surface area contributed by atoms with Gasteiger partial charge in [0.05, 0.1) is 18.5 Å². The third-order valence-corrected chi connectivity index (χ3v) is 3.25. The summed E-state index contributed by atoms with van der Waals surface area (Å²) >= 11 is 6.15. The minimum Gasteiger partial charge on any atom is -0.383 e. The summed E-state index contributed by atoms with van der Waals surface area (Å²) in [6, 6.07) is 0.129. The topological polar surface area (TPSA) is 56.1 Å². The van der Waals surface area contributed by atoms with Gasteiger partial charge < -0.3 is 10.1 Å². The molecule has 1 heterocycles. The number of nitrogens with zero attached hydrogens (tertiary/aromatic N) is 2. The zero-order chi connectivity index (χ0) is 15.1. The lowest BCUT2D eigenvalue weighted by atomic mass is 10.2. The minimum atomic E-state index is -0.252. The normalized spacial score (nSPS) is 12.7. The van der Waals surface area contributed by atoms with Crippen molar-refractivity contribution in [2.75, 3.05) is 19.0 Å². The fraction of sp³-hybridized carbons (Fsp3) is 0.714. The van der Waals surface area contributed by atoms with Crippen LogP contribution in [0.4, 0.5) is 5.69 Å². The van der Waals surface area contributed by atoms with Crippen LogP contribution in [0.1, 0.15) is 33.6 Å². The Morgan fingerprint density at radius 1 is 1.50 bits per heavy atom. The van der Waals surface area contributed by atoms with Crippen molar-refractivity contribution in [2.24, 2.45) is 5.92 Å². The molecule has 0 aliphatic heterocycles. The molecule has 0 saturated heterocycles. The van der Waals surface area contributed by atoms with Crippen LogP contribution in [0.15, 0.2) is 11.0 Å². The summed E-state index contributed by atoms with van der Waals surface area (Å²) in [7, 11) is 1.66. The van der Waals surface area contributed by atoms with Crippen molar-refractivity contribution in [3.05, 3.63) is 21.6 Å². The molecule has 1 rings (SSSR count). The Morgan fingerprint density at radius 3 is 2.75 bits per heavy atom. The predicted octanol–water partition coefficient (Wildman–Crippen LogP) is 2.78. The quantitative estimate of drug-likeness (QED) is 0.802. The molecule has 0 saturated carbocycles. The van der Waals surface area contributed by atoms with E-state index in [4.69, 9.17) is 16.3 Å². The van der Waals surface area contributed by atoms with Gasteiger partial charge in [-0.1, -0.05) is 38.8 Å². The van der Waals surface area contributed by atoms with Gasteiger partial charge >= 0.3 is 0 Å². The first-order valence-corrected chi connectivity index (χ1v) is 7.38. The number of methoxy groups -OCH3 is 1. The first kappa shape index (κ1) is 17.0. The first-order chi connectivity index (χ1) is 9.49. The molecule has 1 aromatic rings. The van der Waals surface area contributed by atoms with Crippen LogP contribution in [0.3, 0.4) is 0 Å². The molecule has 0 aromatic carbocycles. The molecule has 6 heteroatoms. The average Bonchev–Trinajstić information content (AvgIpc) is 2.38. The number of hydrogen-bond donors (Lipinski definition) is 1. The van der Waals surface area contributed by atoms with Gasteiger partial charge in [-0.3, -0.25) is 4.79 Å². The average molecular weight is 302 g/mol. The number of rotatable bonds is 8. The van der Waals surface area contributed by atoms with Crippen molar-refractivity contribution < 1.29 is 4.74 Å². The summed E-state index contributed by atoms with van der Waals surface area (Å²) in [6.45, 7) is 7.30. The highest BCUT2D eigenvalue weighted by molar-refractivity contribution is 6.32. The zero-order valence-electron chi connectivity index (χ0n) is 12.6. The smallest absolute Gasteiger partial charge is 0.287 e. The molecule has 0 aliphatic rings. The third-order valence-electron chi connectivity index (χ3n) is 2.89. The summed E-state index contributed by atoms with van der Waals surface area (Å²) in [4.78, 5) is 12.1. The number of aromatic nitrogens is 2. The van der Waals surface area contributed by atoms with Crippen molar-refractivity contribution in [1.82, 2.24) is 9.78 Å². The van der Waals surface area contributed by atoms with Crippen molar-refractivity contribution in [1.29, 1.82) is 0 Å². The maximum atomic E-state index is 12.1. The molecule has 0 fully saturated rings. The van der Waals surface area contributed by atoms with E-state index in [2.05, 4.69) is 17.3 Å². The maximum absolute atomic E-state index is 12.1. The molecule has 0 bridgehead atoms. The number of anilines is 1. The molecular weight excluding hydrogens is 278 g/mol. The summed E-state index contributed by atoms with van der Waals surface area (Å²) < 4.78 is 6.57. The number of ether oxygens (including phenoxy) is 1. The third kappa shape index (κ3) is 4.80.